The van der Waals surface area contributed by atoms with Crippen molar-refractivity contribution >= 4 is 23.2 Å². The van der Waals surface area contributed by atoms with Crippen molar-refractivity contribution in [1.29, 1.82) is 0 Å². The molecule has 0 aliphatic carbocycles. The zero-order valence-electron chi connectivity index (χ0n) is 10.6. The lowest BCUT2D eigenvalue weighted by molar-refractivity contribution is 0.0348. The van der Waals surface area contributed by atoms with E-state index in [4.69, 9.17) is 23.2 Å². The first-order valence-electron chi connectivity index (χ1n) is 6.58. The topological polar surface area (TPSA) is 52.5 Å². The summed E-state index contributed by atoms with van der Waals surface area (Å²) in [5.74, 6) is 0.177. The van der Waals surface area contributed by atoms with Crippen LogP contribution in [-0.2, 0) is 0 Å². The molecule has 1 fully saturated rings. The zero-order valence-corrected chi connectivity index (χ0v) is 12.2. The summed E-state index contributed by atoms with van der Waals surface area (Å²) in [6.07, 6.45) is 1.19. The van der Waals surface area contributed by atoms with Gasteiger partial charge in [0.1, 0.15) is 0 Å². The van der Waals surface area contributed by atoms with E-state index >= 15 is 0 Å². The quantitative estimate of drug-likeness (QED) is 0.804. The van der Waals surface area contributed by atoms with Crippen molar-refractivity contribution in [3.05, 3.63) is 33.8 Å². The molecular formula is C14H19Cl2NO2. The molecule has 3 N–H and O–H groups in total. The predicted molar refractivity (Wildman–Crippen MR) is 77.9 cm³/mol. The third-order valence-corrected chi connectivity index (χ3v) is 4.56. The van der Waals surface area contributed by atoms with Gasteiger partial charge in [-0.2, -0.15) is 0 Å². The van der Waals surface area contributed by atoms with E-state index in [9.17, 15) is 10.2 Å². The monoisotopic (exact) mass is 303 g/mol. The van der Waals surface area contributed by atoms with E-state index in [1.54, 1.807) is 6.07 Å². The average Bonchev–Trinajstić information content (AvgIpc) is 2.66. The van der Waals surface area contributed by atoms with Crippen LogP contribution >= 0.6 is 23.2 Å². The number of benzene rings is 1. The van der Waals surface area contributed by atoms with Gasteiger partial charge in [0.2, 0.25) is 0 Å². The van der Waals surface area contributed by atoms with Gasteiger partial charge in [0.15, 0.2) is 0 Å². The molecule has 3 atom stereocenters. The Morgan fingerprint density at radius 3 is 2.79 bits per heavy atom. The first kappa shape index (κ1) is 15.1. The molecule has 0 spiro atoms. The highest BCUT2D eigenvalue weighted by Gasteiger charge is 2.30. The Balaban J connectivity index is 2.28. The number of hydrogen-bond acceptors (Lipinski definition) is 3. The maximum atomic E-state index is 10.0. The van der Waals surface area contributed by atoms with Crippen LogP contribution in [0.4, 0.5) is 0 Å². The Bertz CT molecular complexity index is 428. The van der Waals surface area contributed by atoms with Crippen LogP contribution in [0.2, 0.25) is 10.0 Å². The molecule has 0 saturated carbocycles. The van der Waals surface area contributed by atoms with Crippen molar-refractivity contribution in [3.8, 4) is 0 Å². The fourth-order valence-electron chi connectivity index (χ4n) is 2.78. The normalized spacial score (nSPS) is 25.9. The Hall–Kier alpha value is -0.320. The lowest BCUT2D eigenvalue weighted by atomic mass is 9.80. The summed E-state index contributed by atoms with van der Waals surface area (Å²) >= 11 is 12.0. The largest absolute Gasteiger partial charge is 0.394 e. The lowest BCUT2D eigenvalue weighted by Gasteiger charge is -2.29. The molecule has 0 bridgehead atoms. The third kappa shape index (κ3) is 3.61. The number of halogens is 2. The maximum absolute atomic E-state index is 10.0. The van der Waals surface area contributed by atoms with Gasteiger partial charge >= 0.3 is 0 Å². The summed E-state index contributed by atoms with van der Waals surface area (Å²) in [5, 5.41) is 23.7. The minimum atomic E-state index is -0.695. The van der Waals surface area contributed by atoms with Crippen LogP contribution in [0.1, 0.15) is 24.3 Å². The van der Waals surface area contributed by atoms with E-state index < -0.39 is 6.10 Å². The van der Waals surface area contributed by atoms with Gasteiger partial charge in [-0.05, 0) is 43.0 Å². The summed E-state index contributed by atoms with van der Waals surface area (Å²) in [7, 11) is 0. The van der Waals surface area contributed by atoms with Crippen molar-refractivity contribution in [2.75, 3.05) is 19.7 Å². The molecule has 1 aliphatic heterocycles. The molecule has 1 aliphatic rings. The highest BCUT2D eigenvalue weighted by atomic mass is 35.5. The van der Waals surface area contributed by atoms with Gasteiger partial charge in [-0.1, -0.05) is 29.3 Å². The number of hydrogen-bond donors (Lipinski definition) is 3. The fraction of sp³-hybridized carbons (Fsp3) is 0.571. The molecule has 5 heteroatoms. The second-order valence-electron chi connectivity index (χ2n) is 5.04. The van der Waals surface area contributed by atoms with Crippen molar-refractivity contribution in [2.45, 2.75) is 24.9 Å². The van der Waals surface area contributed by atoms with Crippen LogP contribution in [0.15, 0.2) is 18.2 Å². The highest BCUT2D eigenvalue weighted by molar-refractivity contribution is 6.42. The zero-order chi connectivity index (χ0) is 13.8. The average molecular weight is 304 g/mol. The summed E-state index contributed by atoms with van der Waals surface area (Å²) in [4.78, 5) is 0. The molecule has 0 aromatic heterocycles. The molecule has 2 rings (SSSR count). The summed E-state index contributed by atoms with van der Waals surface area (Å²) < 4.78 is 0. The molecule has 1 heterocycles. The standard InChI is InChI=1S/C14H19Cl2NO2/c15-12-4-3-9(6-13(12)16)11-7-17-5-1-2-10(11)14(19)8-18/h3-4,6,10-11,14,17-19H,1-2,5,7-8H2/t10-,11+,14-/m1/s1. The molecule has 19 heavy (non-hydrogen) atoms. The van der Waals surface area contributed by atoms with Crippen LogP contribution < -0.4 is 5.32 Å². The van der Waals surface area contributed by atoms with Crippen molar-refractivity contribution in [1.82, 2.24) is 5.32 Å². The lowest BCUT2D eigenvalue weighted by Crippen LogP contribution is -2.32. The second kappa shape index (κ2) is 6.91. The van der Waals surface area contributed by atoms with E-state index in [2.05, 4.69) is 5.32 Å². The molecule has 0 radical (unpaired) electrons. The first-order chi connectivity index (χ1) is 9.13. The molecule has 1 saturated heterocycles. The van der Waals surface area contributed by atoms with E-state index in [1.165, 1.54) is 0 Å². The molecule has 1 aromatic carbocycles. The molecular weight excluding hydrogens is 285 g/mol. The minimum absolute atomic E-state index is 0.0391. The van der Waals surface area contributed by atoms with Gasteiger partial charge in [-0.3, -0.25) is 0 Å². The van der Waals surface area contributed by atoms with Crippen molar-refractivity contribution in [2.24, 2.45) is 5.92 Å². The van der Waals surface area contributed by atoms with Gasteiger partial charge in [-0.25, -0.2) is 0 Å². The molecule has 3 nitrogen and oxygen atoms in total. The second-order valence-corrected chi connectivity index (χ2v) is 5.85. The molecule has 0 unspecified atom stereocenters. The smallest absolute Gasteiger partial charge is 0.0805 e. The Morgan fingerprint density at radius 2 is 2.11 bits per heavy atom. The van der Waals surface area contributed by atoms with E-state index in [0.29, 0.717) is 10.0 Å². The van der Waals surface area contributed by atoms with Gasteiger partial charge in [0.25, 0.3) is 0 Å². The first-order valence-corrected chi connectivity index (χ1v) is 7.33. The maximum Gasteiger partial charge on any atom is 0.0805 e. The van der Waals surface area contributed by atoms with Crippen LogP contribution in [-0.4, -0.2) is 36.0 Å². The minimum Gasteiger partial charge on any atom is -0.394 e. The SMILES string of the molecule is OC[C@@H](O)[C@@H]1CCCNC[C@H]1c1ccc(Cl)c(Cl)c1. The molecule has 1 aromatic rings. The predicted octanol–water partition coefficient (Wildman–Crippen LogP) is 2.43. The fourth-order valence-corrected chi connectivity index (χ4v) is 3.08. The van der Waals surface area contributed by atoms with Gasteiger partial charge < -0.3 is 15.5 Å². The summed E-state index contributed by atoms with van der Waals surface area (Å²) in [5.41, 5.74) is 1.06. The van der Waals surface area contributed by atoms with E-state index in [-0.39, 0.29) is 18.4 Å². The number of nitrogens with one attached hydrogen (secondary N) is 1. The van der Waals surface area contributed by atoms with Gasteiger partial charge in [-0.15, -0.1) is 0 Å². The van der Waals surface area contributed by atoms with Crippen molar-refractivity contribution < 1.29 is 10.2 Å². The van der Waals surface area contributed by atoms with Gasteiger partial charge in [0, 0.05) is 12.5 Å². The number of aliphatic hydroxyl groups is 2. The summed E-state index contributed by atoms with van der Waals surface area (Å²) in [6, 6.07) is 5.59. The molecule has 106 valence electrons. The van der Waals surface area contributed by atoms with Crippen LogP contribution in [0.5, 0.6) is 0 Å². The molecule has 0 amide bonds. The van der Waals surface area contributed by atoms with Crippen LogP contribution in [0, 0.1) is 5.92 Å². The Labute approximate surface area is 123 Å². The summed E-state index contributed by atoms with van der Waals surface area (Å²) in [6.45, 7) is 1.51. The van der Waals surface area contributed by atoms with Gasteiger partial charge in [0.05, 0.1) is 22.8 Å². The number of aliphatic hydroxyl groups excluding tert-OH is 2. The highest BCUT2D eigenvalue weighted by Crippen LogP contribution is 2.34. The number of rotatable bonds is 3. The third-order valence-electron chi connectivity index (χ3n) is 3.83. The van der Waals surface area contributed by atoms with Crippen LogP contribution in [0.25, 0.3) is 0 Å². The Kier molecular flexibility index (Phi) is 5.48. The van der Waals surface area contributed by atoms with Crippen LogP contribution in [0.3, 0.4) is 0 Å². The Morgan fingerprint density at radius 1 is 1.32 bits per heavy atom. The van der Waals surface area contributed by atoms with E-state index in [1.807, 2.05) is 12.1 Å². The van der Waals surface area contributed by atoms with E-state index in [0.717, 1.165) is 31.5 Å². The van der Waals surface area contributed by atoms with Crippen molar-refractivity contribution in [3.63, 3.8) is 0 Å².